The van der Waals surface area contributed by atoms with Gasteiger partial charge in [0.2, 0.25) is 0 Å². The number of hydrogen-bond acceptors (Lipinski definition) is 4. The molecule has 0 aliphatic heterocycles. The van der Waals surface area contributed by atoms with Crippen LogP contribution in [0.5, 0.6) is 0 Å². The van der Waals surface area contributed by atoms with Gasteiger partial charge in [0.25, 0.3) is 5.91 Å². The molecule has 1 aliphatic rings. The molecule has 120 valence electrons. The molecule has 1 fully saturated rings. The van der Waals surface area contributed by atoms with E-state index in [4.69, 9.17) is 4.74 Å². The van der Waals surface area contributed by atoms with Crippen LogP contribution in [0.25, 0.3) is 6.08 Å². The fraction of sp³-hybridized carbons (Fsp3) is 0.529. The first-order valence-corrected chi connectivity index (χ1v) is 8.75. The maximum atomic E-state index is 12.1. The third kappa shape index (κ3) is 5.64. The molecule has 0 bridgehead atoms. The second-order valence-electron chi connectivity index (χ2n) is 5.62. The lowest BCUT2D eigenvalue weighted by atomic mass is 10.1. The van der Waals surface area contributed by atoms with E-state index in [0.29, 0.717) is 0 Å². The second kappa shape index (κ2) is 8.73. The van der Waals surface area contributed by atoms with Crippen LogP contribution in [0.15, 0.2) is 23.6 Å². The Bertz CT molecular complexity index is 502. The average molecular weight is 321 g/mol. The third-order valence-corrected chi connectivity index (χ3v) is 4.63. The number of ether oxygens (including phenoxy) is 1. The van der Waals surface area contributed by atoms with Gasteiger partial charge in [-0.25, -0.2) is 4.79 Å². The van der Waals surface area contributed by atoms with Crippen LogP contribution >= 0.6 is 11.3 Å². The Morgan fingerprint density at radius 1 is 1.32 bits per heavy atom. The highest BCUT2D eigenvalue weighted by molar-refractivity contribution is 7.10. The van der Waals surface area contributed by atoms with Crippen LogP contribution in [0, 0.1) is 0 Å². The molecule has 2 rings (SSSR count). The molecule has 1 aromatic heterocycles. The Hall–Kier alpha value is -1.62. The summed E-state index contributed by atoms with van der Waals surface area (Å²) >= 11 is 1.54. The van der Waals surface area contributed by atoms with Crippen molar-refractivity contribution in [3.05, 3.63) is 28.5 Å². The lowest BCUT2D eigenvalue weighted by molar-refractivity contribution is -0.150. The lowest BCUT2D eigenvalue weighted by Crippen LogP contribution is -2.41. The van der Waals surface area contributed by atoms with Crippen molar-refractivity contribution in [1.82, 2.24) is 5.32 Å². The van der Waals surface area contributed by atoms with Gasteiger partial charge in [-0.15, -0.1) is 11.3 Å². The van der Waals surface area contributed by atoms with Gasteiger partial charge < -0.3 is 10.1 Å². The maximum absolute atomic E-state index is 12.1. The number of carbonyl (C=O) groups is 2. The first-order chi connectivity index (χ1) is 10.6. The fourth-order valence-corrected chi connectivity index (χ4v) is 3.16. The van der Waals surface area contributed by atoms with Crippen LogP contribution in [0.4, 0.5) is 0 Å². The molecular weight excluding hydrogens is 298 g/mol. The summed E-state index contributed by atoms with van der Waals surface area (Å²) in [6.07, 6.45) is 9.13. The molecule has 1 aliphatic carbocycles. The minimum Gasteiger partial charge on any atom is -0.449 e. The van der Waals surface area contributed by atoms with E-state index >= 15 is 0 Å². The molecule has 1 atom stereocenters. The van der Waals surface area contributed by atoms with Crippen LogP contribution in [0.3, 0.4) is 0 Å². The molecule has 1 amide bonds. The van der Waals surface area contributed by atoms with Crippen molar-refractivity contribution in [2.24, 2.45) is 0 Å². The normalized spacial score (nSPS) is 17.9. The zero-order valence-corrected chi connectivity index (χ0v) is 13.7. The number of thiophene rings is 1. The van der Waals surface area contributed by atoms with Crippen LogP contribution in [-0.4, -0.2) is 24.0 Å². The number of hydrogen-bond donors (Lipinski definition) is 1. The van der Waals surface area contributed by atoms with Crippen molar-refractivity contribution in [1.29, 1.82) is 0 Å². The van der Waals surface area contributed by atoms with E-state index in [1.807, 2.05) is 17.5 Å². The molecule has 0 unspecified atom stereocenters. The summed E-state index contributed by atoms with van der Waals surface area (Å²) in [5.41, 5.74) is 0. The third-order valence-electron chi connectivity index (χ3n) is 3.79. The summed E-state index contributed by atoms with van der Waals surface area (Å²) in [6, 6.07) is 4.05. The topological polar surface area (TPSA) is 55.4 Å². The van der Waals surface area contributed by atoms with Gasteiger partial charge in [-0.3, -0.25) is 4.79 Å². The number of carbonyl (C=O) groups excluding carboxylic acids is 2. The molecule has 22 heavy (non-hydrogen) atoms. The van der Waals surface area contributed by atoms with E-state index in [1.165, 1.54) is 18.9 Å². The predicted octanol–water partition coefficient (Wildman–Crippen LogP) is 3.53. The van der Waals surface area contributed by atoms with Crippen LogP contribution in [-0.2, 0) is 14.3 Å². The van der Waals surface area contributed by atoms with Crippen molar-refractivity contribution in [3.8, 4) is 0 Å². The lowest BCUT2D eigenvalue weighted by Gasteiger charge is -2.19. The van der Waals surface area contributed by atoms with E-state index in [9.17, 15) is 9.59 Å². The monoisotopic (exact) mass is 321 g/mol. The Balaban J connectivity index is 1.76. The molecular formula is C17H23NO3S. The number of esters is 1. The Labute approximate surface area is 135 Å². The van der Waals surface area contributed by atoms with Crippen molar-refractivity contribution < 1.29 is 14.3 Å². The van der Waals surface area contributed by atoms with E-state index in [-0.39, 0.29) is 11.9 Å². The highest BCUT2D eigenvalue weighted by Crippen LogP contribution is 2.17. The summed E-state index contributed by atoms with van der Waals surface area (Å²) in [4.78, 5) is 24.8. The van der Waals surface area contributed by atoms with E-state index in [0.717, 1.165) is 30.6 Å². The molecule has 1 saturated carbocycles. The fourth-order valence-electron chi connectivity index (χ4n) is 2.55. The summed E-state index contributed by atoms with van der Waals surface area (Å²) in [7, 11) is 0. The number of rotatable bonds is 5. The molecule has 0 saturated heterocycles. The van der Waals surface area contributed by atoms with Gasteiger partial charge in [-0.2, -0.15) is 0 Å². The maximum Gasteiger partial charge on any atom is 0.331 e. The molecule has 0 radical (unpaired) electrons. The second-order valence-corrected chi connectivity index (χ2v) is 6.60. The molecule has 5 heteroatoms. The standard InChI is InChI=1S/C17H23NO3S/c1-13(17(20)18-14-7-4-2-3-5-8-14)21-16(19)11-10-15-9-6-12-22-15/h6,9-14H,2-5,7-8H2,1H3,(H,18,20)/b11-10+/t13-/m0/s1. The summed E-state index contributed by atoms with van der Waals surface area (Å²) in [5, 5.41) is 4.93. The number of nitrogens with one attached hydrogen (secondary N) is 1. The highest BCUT2D eigenvalue weighted by atomic mass is 32.1. The molecule has 4 nitrogen and oxygen atoms in total. The Morgan fingerprint density at radius 3 is 2.68 bits per heavy atom. The van der Waals surface area contributed by atoms with Crippen molar-refractivity contribution in [2.75, 3.05) is 0 Å². The summed E-state index contributed by atoms with van der Waals surface area (Å²) in [6.45, 7) is 1.61. The van der Waals surface area contributed by atoms with Gasteiger partial charge in [0.15, 0.2) is 6.10 Å². The smallest absolute Gasteiger partial charge is 0.331 e. The van der Waals surface area contributed by atoms with Gasteiger partial charge >= 0.3 is 5.97 Å². The molecule has 1 heterocycles. The molecule has 0 spiro atoms. The van der Waals surface area contributed by atoms with Crippen molar-refractivity contribution in [3.63, 3.8) is 0 Å². The van der Waals surface area contributed by atoms with Gasteiger partial charge in [0.05, 0.1) is 0 Å². The number of amides is 1. The molecule has 1 N–H and O–H groups in total. The first kappa shape index (κ1) is 16.7. The van der Waals surface area contributed by atoms with Crippen LogP contribution in [0.1, 0.15) is 50.3 Å². The van der Waals surface area contributed by atoms with Gasteiger partial charge in [0, 0.05) is 17.0 Å². The predicted molar refractivity (Wildman–Crippen MR) is 88.5 cm³/mol. The zero-order valence-electron chi connectivity index (χ0n) is 12.9. The Kier molecular flexibility index (Phi) is 6.65. The SMILES string of the molecule is C[C@H](OC(=O)/C=C/c1cccs1)C(=O)NC1CCCCCC1. The van der Waals surface area contributed by atoms with E-state index in [2.05, 4.69) is 5.32 Å². The quantitative estimate of drug-likeness (QED) is 0.513. The van der Waals surface area contributed by atoms with E-state index in [1.54, 1.807) is 24.3 Å². The average Bonchev–Trinajstić information content (AvgIpc) is 2.89. The highest BCUT2D eigenvalue weighted by Gasteiger charge is 2.21. The summed E-state index contributed by atoms with van der Waals surface area (Å²) < 4.78 is 5.15. The van der Waals surface area contributed by atoms with Crippen LogP contribution in [0.2, 0.25) is 0 Å². The van der Waals surface area contributed by atoms with Gasteiger partial charge in [-0.1, -0.05) is 31.7 Å². The molecule has 1 aromatic rings. The Morgan fingerprint density at radius 2 is 2.05 bits per heavy atom. The summed E-state index contributed by atoms with van der Waals surface area (Å²) in [5.74, 6) is -0.693. The largest absolute Gasteiger partial charge is 0.449 e. The van der Waals surface area contributed by atoms with Gasteiger partial charge in [-0.05, 0) is 37.3 Å². The first-order valence-electron chi connectivity index (χ1n) is 7.88. The molecule has 0 aromatic carbocycles. The van der Waals surface area contributed by atoms with Crippen LogP contribution < -0.4 is 5.32 Å². The van der Waals surface area contributed by atoms with Gasteiger partial charge in [0.1, 0.15) is 0 Å². The van der Waals surface area contributed by atoms with Crippen molar-refractivity contribution in [2.45, 2.75) is 57.6 Å². The van der Waals surface area contributed by atoms with E-state index < -0.39 is 12.1 Å². The minimum atomic E-state index is -0.760. The van der Waals surface area contributed by atoms with Crippen molar-refractivity contribution >= 4 is 29.3 Å². The zero-order chi connectivity index (χ0) is 15.8. The minimum absolute atomic E-state index is 0.204.